The molecule has 3 rings (SSSR count). The monoisotopic (exact) mass is 310 g/mol. The lowest BCUT2D eigenvalue weighted by Gasteiger charge is -2.05. The van der Waals surface area contributed by atoms with Gasteiger partial charge < -0.3 is 4.57 Å². The highest BCUT2D eigenvalue weighted by Crippen LogP contribution is 2.14. The number of fused-ring (bicyclic) bond motifs is 1. The van der Waals surface area contributed by atoms with Gasteiger partial charge in [0.15, 0.2) is 0 Å². The Morgan fingerprint density at radius 3 is 2.78 bits per heavy atom. The predicted molar refractivity (Wildman–Crippen MR) is 86.6 cm³/mol. The SMILES string of the molecule is Cc1nc2ccccc2n1CC(=O)N/N=C\c1ccc(F)cc1. The highest BCUT2D eigenvalue weighted by molar-refractivity contribution is 5.83. The molecule has 5 nitrogen and oxygen atoms in total. The number of amides is 1. The molecule has 0 radical (unpaired) electrons. The van der Waals surface area contributed by atoms with Crippen LogP contribution in [0.3, 0.4) is 0 Å². The van der Waals surface area contributed by atoms with E-state index in [0.717, 1.165) is 16.9 Å². The van der Waals surface area contributed by atoms with Gasteiger partial charge >= 0.3 is 0 Å². The molecule has 0 aliphatic carbocycles. The molecule has 1 N–H and O–H groups in total. The van der Waals surface area contributed by atoms with Gasteiger partial charge in [-0.15, -0.1) is 0 Å². The minimum Gasteiger partial charge on any atom is -0.319 e. The molecule has 3 aromatic rings. The summed E-state index contributed by atoms with van der Waals surface area (Å²) in [5, 5.41) is 3.88. The van der Waals surface area contributed by atoms with Gasteiger partial charge in [-0.2, -0.15) is 5.10 Å². The Kier molecular flexibility index (Phi) is 4.14. The Morgan fingerprint density at radius 1 is 1.26 bits per heavy atom. The summed E-state index contributed by atoms with van der Waals surface area (Å²) in [6.07, 6.45) is 1.47. The fraction of sp³-hybridized carbons (Fsp3) is 0.118. The van der Waals surface area contributed by atoms with E-state index < -0.39 is 0 Å². The van der Waals surface area contributed by atoms with Gasteiger partial charge in [0, 0.05) is 0 Å². The van der Waals surface area contributed by atoms with Crippen molar-refractivity contribution in [2.75, 3.05) is 0 Å². The van der Waals surface area contributed by atoms with E-state index in [2.05, 4.69) is 15.5 Å². The number of carbonyl (C=O) groups is 1. The first-order valence-corrected chi connectivity index (χ1v) is 7.13. The second-order valence-electron chi connectivity index (χ2n) is 5.08. The van der Waals surface area contributed by atoms with Gasteiger partial charge in [-0.25, -0.2) is 14.8 Å². The molecule has 0 atom stereocenters. The largest absolute Gasteiger partial charge is 0.319 e. The van der Waals surface area contributed by atoms with Crippen LogP contribution in [0.25, 0.3) is 11.0 Å². The number of hydrogen-bond acceptors (Lipinski definition) is 3. The van der Waals surface area contributed by atoms with Crippen molar-refractivity contribution >= 4 is 23.2 Å². The molecule has 0 saturated heterocycles. The second-order valence-corrected chi connectivity index (χ2v) is 5.08. The molecule has 6 heteroatoms. The van der Waals surface area contributed by atoms with Gasteiger partial charge in [0.25, 0.3) is 5.91 Å². The summed E-state index contributed by atoms with van der Waals surface area (Å²) >= 11 is 0. The predicted octanol–water partition coefficient (Wildman–Crippen LogP) is 2.63. The number of hydrazone groups is 1. The van der Waals surface area contributed by atoms with Gasteiger partial charge in [0.1, 0.15) is 18.2 Å². The molecule has 0 spiro atoms. The molecule has 116 valence electrons. The Hall–Kier alpha value is -3.02. The number of carbonyl (C=O) groups excluding carboxylic acids is 1. The Balaban J connectivity index is 1.67. The lowest BCUT2D eigenvalue weighted by Crippen LogP contribution is -2.23. The van der Waals surface area contributed by atoms with Crippen molar-refractivity contribution < 1.29 is 9.18 Å². The Labute approximate surface area is 132 Å². The molecule has 1 aromatic heterocycles. The van der Waals surface area contributed by atoms with Crippen molar-refractivity contribution in [1.82, 2.24) is 15.0 Å². The third-order valence-corrected chi connectivity index (χ3v) is 3.42. The van der Waals surface area contributed by atoms with Crippen LogP contribution in [-0.4, -0.2) is 21.7 Å². The highest BCUT2D eigenvalue weighted by atomic mass is 19.1. The number of nitrogens with one attached hydrogen (secondary N) is 1. The van der Waals surface area contributed by atoms with Crippen LogP contribution in [-0.2, 0) is 11.3 Å². The van der Waals surface area contributed by atoms with Crippen LogP contribution in [0.5, 0.6) is 0 Å². The van der Waals surface area contributed by atoms with E-state index in [9.17, 15) is 9.18 Å². The van der Waals surface area contributed by atoms with Gasteiger partial charge in [0.05, 0.1) is 17.2 Å². The van der Waals surface area contributed by atoms with Crippen LogP contribution >= 0.6 is 0 Å². The average molecular weight is 310 g/mol. The minimum absolute atomic E-state index is 0.132. The number of nitrogens with zero attached hydrogens (tertiary/aromatic N) is 3. The van der Waals surface area contributed by atoms with Gasteiger partial charge in [-0.3, -0.25) is 4.79 Å². The fourth-order valence-corrected chi connectivity index (χ4v) is 2.30. The first-order chi connectivity index (χ1) is 11.1. The summed E-state index contributed by atoms with van der Waals surface area (Å²) in [6.45, 7) is 1.99. The van der Waals surface area contributed by atoms with E-state index in [-0.39, 0.29) is 18.3 Å². The van der Waals surface area contributed by atoms with E-state index in [4.69, 9.17) is 0 Å². The maximum absolute atomic E-state index is 12.8. The molecule has 0 fully saturated rings. The Bertz CT molecular complexity index is 868. The molecule has 0 aliphatic rings. The van der Waals surface area contributed by atoms with Crippen LogP contribution < -0.4 is 5.43 Å². The van der Waals surface area contributed by atoms with Gasteiger partial charge in [-0.05, 0) is 36.8 Å². The lowest BCUT2D eigenvalue weighted by molar-refractivity contribution is -0.121. The maximum atomic E-state index is 12.8. The van der Waals surface area contributed by atoms with Crippen molar-refractivity contribution in [2.24, 2.45) is 5.10 Å². The molecule has 1 amide bonds. The highest BCUT2D eigenvalue weighted by Gasteiger charge is 2.09. The molecular formula is C17H15FN4O. The number of hydrogen-bond donors (Lipinski definition) is 1. The van der Waals surface area contributed by atoms with Gasteiger partial charge in [-0.1, -0.05) is 24.3 Å². The van der Waals surface area contributed by atoms with E-state index in [1.54, 1.807) is 12.1 Å². The molecular weight excluding hydrogens is 295 g/mol. The molecule has 2 aromatic carbocycles. The topological polar surface area (TPSA) is 59.3 Å². The van der Waals surface area contributed by atoms with E-state index in [1.165, 1.54) is 18.3 Å². The number of rotatable bonds is 4. The van der Waals surface area contributed by atoms with Crippen molar-refractivity contribution in [2.45, 2.75) is 13.5 Å². The summed E-state index contributed by atoms with van der Waals surface area (Å²) in [7, 11) is 0. The molecule has 0 unspecified atom stereocenters. The molecule has 0 bridgehead atoms. The van der Waals surface area contributed by atoms with Crippen LogP contribution in [0.1, 0.15) is 11.4 Å². The van der Waals surface area contributed by atoms with Crippen molar-refractivity contribution in [1.29, 1.82) is 0 Å². The number of benzene rings is 2. The summed E-state index contributed by atoms with van der Waals surface area (Å²) in [4.78, 5) is 16.4. The van der Waals surface area contributed by atoms with E-state index in [1.807, 2.05) is 35.8 Å². The third-order valence-electron chi connectivity index (χ3n) is 3.42. The Morgan fingerprint density at radius 2 is 2.00 bits per heavy atom. The fourth-order valence-electron chi connectivity index (χ4n) is 2.30. The van der Waals surface area contributed by atoms with Crippen LogP contribution in [0.4, 0.5) is 4.39 Å². The van der Waals surface area contributed by atoms with Crippen molar-refractivity contribution in [3.8, 4) is 0 Å². The average Bonchev–Trinajstić information content (AvgIpc) is 2.85. The van der Waals surface area contributed by atoms with E-state index in [0.29, 0.717) is 5.56 Å². The van der Waals surface area contributed by atoms with Crippen LogP contribution in [0.15, 0.2) is 53.6 Å². The maximum Gasteiger partial charge on any atom is 0.260 e. The lowest BCUT2D eigenvalue weighted by atomic mass is 10.2. The van der Waals surface area contributed by atoms with Crippen LogP contribution in [0, 0.1) is 12.7 Å². The zero-order valence-electron chi connectivity index (χ0n) is 12.5. The number of para-hydroxylation sites is 2. The zero-order chi connectivity index (χ0) is 16.2. The third kappa shape index (κ3) is 3.42. The van der Waals surface area contributed by atoms with Crippen molar-refractivity contribution in [3.05, 3.63) is 65.7 Å². The first-order valence-electron chi connectivity index (χ1n) is 7.13. The number of imidazole rings is 1. The number of aromatic nitrogens is 2. The standard InChI is InChI=1S/C17H15FN4O/c1-12-20-15-4-2-3-5-16(15)22(12)11-17(23)21-19-10-13-6-8-14(18)9-7-13/h2-10H,11H2,1H3,(H,21,23)/b19-10-. The zero-order valence-corrected chi connectivity index (χ0v) is 12.5. The summed E-state index contributed by atoms with van der Waals surface area (Å²) in [6, 6.07) is 13.5. The number of halogens is 1. The summed E-state index contributed by atoms with van der Waals surface area (Å²) < 4.78 is 14.6. The minimum atomic E-state index is -0.311. The van der Waals surface area contributed by atoms with E-state index >= 15 is 0 Å². The molecule has 23 heavy (non-hydrogen) atoms. The summed E-state index contributed by atoms with van der Waals surface area (Å²) in [5.41, 5.74) is 4.93. The van der Waals surface area contributed by atoms with Crippen LogP contribution in [0.2, 0.25) is 0 Å². The summed E-state index contributed by atoms with van der Waals surface area (Å²) in [5.74, 6) is 0.201. The molecule has 1 heterocycles. The smallest absolute Gasteiger partial charge is 0.260 e. The van der Waals surface area contributed by atoms with Gasteiger partial charge in [0.2, 0.25) is 0 Å². The molecule has 0 saturated carbocycles. The first kappa shape index (κ1) is 14.9. The quantitative estimate of drug-likeness (QED) is 0.595. The normalized spacial score (nSPS) is 11.2. The second kappa shape index (κ2) is 6.39. The van der Waals surface area contributed by atoms with Crippen molar-refractivity contribution in [3.63, 3.8) is 0 Å². The number of aryl methyl sites for hydroxylation is 1. The molecule has 0 aliphatic heterocycles.